The molecule has 0 N–H and O–H groups in total. The standard InChI is InChI=1S/C110H70N4S2/c1-2-21-77-68-78(49-46-71(77)20-1)75-54-58-83(59-55-75)112(85-62-66-87(67-63-85)114-105-39-14-5-24-91(105)92-25-6-15-40-106(92)114)102-36-11-8-27-94(102)97-31-19-34-100-99-33-17-29-88(108(99)116-110(97)100)80-51-48-76-47-50-79(69-81(76)70-80)74-44-42-72(43-45-74)73-52-56-82(57-53-73)111(84-60-64-86(65-61-84)113-103-37-12-3-22-89(103)90-23-4-13-38-104(90)113)101-35-10-7-26-93(101)96-30-18-32-98-95-28-9-16-41-107(95)115-109(96)98/h1-70H. The van der Waals surface area contributed by atoms with Gasteiger partial charge in [-0.15, -0.1) is 22.7 Å². The molecule has 0 aliphatic carbocycles. The smallest absolute Gasteiger partial charge is 0.0541 e. The molecule has 23 rings (SSSR count). The van der Waals surface area contributed by atoms with Gasteiger partial charge in [0, 0.05) is 118 Å². The highest BCUT2D eigenvalue weighted by Crippen LogP contribution is 2.51. The maximum atomic E-state index is 2.45. The number of hydrogen-bond donors (Lipinski definition) is 0. The van der Waals surface area contributed by atoms with Crippen LogP contribution < -0.4 is 9.80 Å². The second-order valence-electron chi connectivity index (χ2n) is 30.2. The van der Waals surface area contributed by atoms with Gasteiger partial charge in [0.25, 0.3) is 0 Å². The molecule has 4 heterocycles. The molecule has 0 saturated carbocycles. The molecule has 0 saturated heterocycles. The average Bonchev–Trinajstić information content (AvgIpc) is 1.78. The summed E-state index contributed by atoms with van der Waals surface area (Å²) in [7, 11) is 0. The lowest BCUT2D eigenvalue weighted by molar-refractivity contribution is 1.17. The van der Waals surface area contributed by atoms with Crippen molar-refractivity contribution in [1.82, 2.24) is 9.13 Å². The monoisotopic (exact) mass is 1510 g/mol. The Hall–Kier alpha value is -14.7. The molecule has 0 spiro atoms. The fourth-order valence-corrected chi connectivity index (χ4v) is 20.8. The number of anilines is 6. The van der Waals surface area contributed by atoms with Gasteiger partial charge in [-0.3, -0.25) is 0 Å². The Morgan fingerprint density at radius 3 is 0.966 bits per heavy atom. The van der Waals surface area contributed by atoms with Crippen molar-refractivity contribution in [2.24, 2.45) is 0 Å². The Balaban J connectivity index is 0.568. The predicted octanol–water partition coefficient (Wildman–Crippen LogP) is 31.9. The van der Waals surface area contributed by atoms with E-state index in [1.54, 1.807) is 0 Å². The quantitative estimate of drug-likeness (QED) is 0.108. The van der Waals surface area contributed by atoms with Crippen molar-refractivity contribution >= 4 is 162 Å². The van der Waals surface area contributed by atoms with Crippen LogP contribution in [0.4, 0.5) is 34.1 Å². The summed E-state index contributed by atoms with van der Waals surface area (Å²) in [5, 5.41) is 15.0. The van der Waals surface area contributed by atoms with Crippen LogP contribution in [0.2, 0.25) is 0 Å². The fraction of sp³-hybridized carbons (Fsp3) is 0. The third-order valence-corrected chi connectivity index (χ3v) is 26.2. The number of para-hydroxylation sites is 6. The topological polar surface area (TPSA) is 16.3 Å². The van der Waals surface area contributed by atoms with E-state index >= 15 is 0 Å². The van der Waals surface area contributed by atoms with Crippen molar-refractivity contribution in [3.05, 3.63) is 425 Å². The van der Waals surface area contributed by atoms with E-state index in [9.17, 15) is 0 Å². The lowest BCUT2D eigenvalue weighted by atomic mass is 9.95. The van der Waals surface area contributed by atoms with Gasteiger partial charge >= 0.3 is 0 Å². The molecular formula is C110H70N4S2. The first-order valence-corrected chi connectivity index (χ1v) is 41.3. The summed E-state index contributed by atoms with van der Waals surface area (Å²) in [4.78, 5) is 4.88. The van der Waals surface area contributed by atoms with Gasteiger partial charge in [-0.05, 0) is 200 Å². The first-order valence-electron chi connectivity index (χ1n) is 39.7. The second kappa shape index (κ2) is 27.6. The Morgan fingerprint density at radius 2 is 0.483 bits per heavy atom. The van der Waals surface area contributed by atoms with E-state index in [0.29, 0.717) is 0 Å². The molecule has 0 aliphatic rings. The Bertz CT molecular complexity index is 7710. The molecule has 0 bridgehead atoms. The summed E-state index contributed by atoms with van der Waals surface area (Å²) in [5.41, 5.74) is 27.7. The van der Waals surface area contributed by atoms with Gasteiger partial charge in [-0.25, -0.2) is 0 Å². The van der Waals surface area contributed by atoms with E-state index in [4.69, 9.17) is 0 Å². The molecule has 23 aromatic rings. The van der Waals surface area contributed by atoms with Crippen LogP contribution in [0.1, 0.15) is 0 Å². The lowest BCUT2D eigenvalue weighted by Gasteiger charge is -2.28. The SMILES string of the molecule is c1ccc(N(c2ccc(-c3ccc(-c4ccc5ccc(-c6cccc7c6sc6c(-c8ccccc8N(c8ccc(-c9ccc%10ccccc%10c9)cc8)c8ccc(-n9c%10ccccc%10c%10ccccc%109)cc8)cccc67)cc5c4)cc3)cc2)c2ccc(-n3c4ccccc4c4ccccc43)cc2)c(-c2cccc3c2sc2ccccc23)c1. The summed E-state index contributed by atoms with van der Waals surface area (Å²) in [5.74, 6) is 0. The Kier molecular flexibility index (Phi) is 16.0. The van der Waals surface area contributed by atoms with Gasteiger partial charge in [0.1, 0.15) is 0 Å². The van der Waals surface area contributed by atoms with Gasteiger partial charge < -0.3 is 18.9 Å². The highest BCUT2D eigenvalue weighted by molar-refractivity contribution is 7.27. The van der Waals surface area contributed by atoms with E-state index in [0.717, 1.165) is 62.2 Å². The van der Waals surface area contributed by atoms with Crippen molar-refractivity contribution in [3.63, 3.8) is 0 Å². The summed E-state index contributed by atoms with van der Waals surface area (Å²) in [6, 6.07) is 157. The molecule has 0 amide bonds. The maximum Gasteiger partial charge on any atom is 0.0541 e. The molecule has 542 valence electrons. The first-order chi connectivity index (χ1) is 57.5. The van der Waals surface area contributed by atoms with Gasteiger partial charge in [-0.2, -0.15) is 0 Å². The van der Waals surface area contributed by atoms with E-state index in [-0.39, 0.29) is 0 Å². The molecule has 0 atom stereocenters. The molecule has 0 aliphatic heterocycles. The van der Waals surface area contributed by atoms with Gasteiger partial charge in [0.15, 0.2) is 0 Å². The summed E-state index contributed by atoms with van der Waals surface area (Å²) < 4.78 is 9.91. The summed E-state index contributed by atoms with van der Waals surface area (Å²) in [6.45, 7) is 0. The van der Waals surface area contributed by atoms with Crippen LogP contribution in [-0.4, -0.2) is 9.13 Å². The largest absolute Gasteiger partial charge is 0.310 e. The zero-order chi connectivity index (χ0) is 76.3. The first kappa shape index (κ1) is 67.1. The zero-order valence-electron chi connectivity index (χ0n) is 63.0. The van der Waals surface area contributed by atoms with Gasteiger partial charge in [-0.1, -0.05) is 291 Å². The fourth-order valence-electron chi connectivity index (χ4n) is 18.2. The second-order valence-corrected chi connectivity index (χ2v) is 32.3. The highest BCUT2D eigenvalue weighted by atomic mass is 32.1. The van der Waals surface area contributed by atoms with Gasteiger partial charge in [0.05, 0.1) is 33.4 Å². The third kappa shape index (κ3) is 11.2. The van der Waals surface area contributed by atoms with E-state index in [1.807, 2.05) is 22.7 Å². The zero-order valence-corrected chi connectivity index (χ0v) is 64.7. The van der Waals surface area contributed by atoms with Crippen molar-refractivity contribution < 1.29 is 0 Å². The molecule has 0 unspecified atom stereocenters. The van der Waals surface area contributed by atoms with Crippen molar-refractivity contribution in [1.29, 1.82) is 0 Å². The van der Waals surface area contributed by atoms with Crippen LogP contribution in [0, 0.1) is 0 Å². The molecule has 116 heavy (non-hydrogen) atoms. The van der Waals surface area contributed by atoms with Crippen molar-refractivity contribution in [3.8, 4) is 78.1 Å². The normalized spacial score (nSPS) is 11.8. The minimum atomic E-state index is 1.07. The Morgan fingerprint density at radius 1 is 0.181 bits per heavy atom. The highest BCUT2D eigenvalue weighted by Gasteiger charge is 2.25. The molecule has 4 aromatic heterocycles. The van der Waals surface area contributed by atoms with E-state index in [2.05, 4.69) is 444 Å². The Labute approximate surface area is 679 Å². The number of hydrogen-bond acceptors (Lipinski definition) is 4. The molecule has 4 nitrogen and oxygen atoms in total. The average molecular weight is 1510 g/mol. The lowest BCUT2D eigenvalue weighted by Crippen LogP contribution is -2.11. The van der Waals surface area contributed by atoms with Crippen molar-refractivity contribution in [2.45, 2.75) is 0 Å². The number of benzene rings is 19. The van der Waals surface area contributed by atoms with Crippen molar-refractivity contribution in [2.75, 3.05) is 9.80 Å². The molecule has 0 radical (unpaired) electrons. The number of thiophene rings is 2. The maximum absolute atomic E-state index is 2.45. The number of aromatic nitrogens is 2. The molecule has 6 heteroatoms. The van der Waals surface area contributed by atoms with E-state index in [1.165, 1.54) is 156 Å². The number of rotatable bonds is 14. The molecule has 0 fully saturated rings. The van der Waals surface area contributed by atoms with Crippen LogP contribution in [0.25, 0.3) is 184 Å². The third-order valence-electron chi connectivity index (χ3n) is 23.7. The van der Waals surface area contributed by atoms with Crippen LogP contribution in [0.5, 0.6) is 0 Å². The summed E-state index contributed by atoms with van der Waals surface area (Å²) in [6.07, 6.45) is 0. The number of fused-ring (bicyclic) bond motifs is 14. The van der Waals surface area contributed by atoms with E-state index < -0.39 is 0 Å². The molecule has 19 aromatic carbocycles. The summed E-state index contributed by atoms with van der Waals surface area (Å²) >= 11 is 3.77. The van der Waals surface area contributed by atoms with Crippen LogP contribution >= 0.6 is 22.7 Å². The predicted molar refractivity (Wildman–Crippen MR) is 498 cm³/mol. The number of nitrogens with zero attached hydrogens (tertiary/aromatic N) is 4. The minimum absolute atomic E-state index is 1.07. The van der Waals surface area contributed by atoms with Crippen LogP contribution in [0.3, 0.4) is 0 Å². The van der Waals surface area contributed by atoms with Crippen LogP contribution in [0.15, 0.2) is 425 Å². The van der Waals surface area contributed by atoms with Gasteiger partial charge in [0.2, 0.25) is 0 Å². The van der Waals surface area contributed by atoms with Crippen LogP contribution in [-0.2, 0) is 0 Å². The minimum Gasteiger partial charge on any atom is -0.310 e. The molecular weight excluding hydrogens is 1440 g/mol.